The van der Waals surface area contributed by atoms with E-state index in [0.29, 0.717) is 17.7 Å². The highest BCUT2D eigenvalue weighted by Gasteiger charge is 2.13. The Morgan fingerprint density at radius 1 is 1.67 bits per heavy atom. The molecule has 0 saturated heterocycles. The molecule has 1 aromatic rings. The van der Waals surface area contributed by atoms with Crippen molar-refractivity contribution >= 4 is 39.0 Å². The first-order valence-electron chi connectivity index (χ1n) is 4.83. The van der Waals surface area contributed by atoms with Gasteiger partial charge in [-0.2, -0.15) is 11.8 Å². The Hall–Kier alpha value is 0.450. The molecule has 1 aromatic heterocycles. The second-order valence-electron chi connectivity index (χ2n) is 3.51. The van der Waals surface area contributed by atoms with E-state index in [-0.39, 0.29) is 6.61 Å². The molecule has 2 unspecified atom stereocenters. The van der Waals surface area contributed by atoms with Crippen LogP contribution in [0.1, 0.15) is 17.1 Å². The van der Waals surface area contributed by atoms with Gasteiger partial charge in [0, 0.05) is 27.9 Å². The number of nitrogens with two attached hydrogens (primary N) is 1. The van der Waals surface area contributed by atoms with Crippen LogP contribution in [0.5, 0.6) is 0 Å². The van der Waals surface area contributed by atoms with Gasteiger partial charge < -0.3 is 10.8 Å². The standard InChI is InChI=1S/C10H16BrNOS2/c1-7(4-13)5-14-10(3-12)9-2-8(11)6-15-9/h2,6-7,10,13H,3-5,12H2,1H3. The number of aliphatic hydroxyl groups is 1. The van der Waals surface area contributed by atoms with Crippen LogP contribution >= 0.6 is 39.0 Å². The van der Waals surface area contributed by atoms with Crippen LogP contribution in [-0.4, -0.2) is 24.0 Å². The minimum Gasteiger partial charge on any atom is -0.396 e. The first-order valence-corrected chi connectivity index (χ1v) is 7.56. The van der Waals surface area contributed by atoms with Crippen LogP contribution in [0.3, 0.4) is 0 Å². The SMILES string of the molecule is CC(CO)CSC(CN)c1cc(Br)cs1. The van der Waals surface area contributed by atoms with Crippen LogP contribution in [-0.2, 0) is 0 Å². The molecule has 86 valence electrons. The highest BCUT2D eigenvalue weighted by Crippen LogP contribution is 2.34. The molecule has 5 heteroatoms. The van der Waals surface area contributed by atoms with Gasteiger partial charge in [-0.1, -0.05) is 6.92 Å². The number of thiophene rings is 1. The summed E-state index contributed by atoms with van der Waals surface area (Å²) in [6.07, 6.45) is 0. The molecule has 0 aliphatic heterocycles. The van der Waals surface area contributed by atoms with Crippen molar-refractivity contribution in [3.05, 3.63) is 20.8 Å². The minimum atomic E-state index is 0.248. The zero-order chi connectivity index (χ0) is 11.3. The third kappa shape index (κ3) is 4.44. The van der Waals surface area contributed by atoms with E-state index < -0.39 is 0 Å². The summed E-state index contributed by atoms with van der Waals surface area (Å²) < 4.78 is 1.12. The summed E-state index contributed by atoms with van der Waals surface area (Å²) in [6.45, 7) is 2.94. The second kappa shape index (κ2) is 6.91. The maximum Gasteiger partial charge on any atom is 0.0513 e. The van der Waals surface area contributed by atoms with Gasteiger partial charge in [-0.3, -0.25) is 0 Å². The molecule has 0 aromatic carbocycles. The molecular weight excluding hydrogens is 294 g/mol. The Labute approximate surface area is 107 Å². The van der Waals surface area contributed by atoms with Gasteiger partial charge in [0.05, 0.1) is 5.25 Å². The summed E-state index contributed by atoms with van der Waals surface area (Å²) in [5.74, 6) is 1.29. The van der Waals surface area contributed by atoms with E-state index in [9.17, 15) is 0 Å². The van der Waals surface area contributed by atoms with Crippen molar-refractivity contribution < 1.29 is 5.11 Å². The van der Waals surface area contributed by atoms with Gasteiger partial charge >= 0.3 is 0 Å². The lowest BCUT2D eigenvalue weighted by Gasteiger charge is -2.14. The summed E-state index contributed by atoms with van der Waals surface area (Å²) in [5.41, 5.74) is 5.75. The molecule has 0 aliphatic rings. The summed E-state index contributed by atoms with van der Waals surface area (Å²) in [6, 6.07) is 2.12. The Kier molecular flexibility index (Phi) is 6.23. The molecule has 2 atom stereocenters. The van der Waals surface area contributed by atoms with Crippen molar-refractivity contribution in [2.75, 3.05) is 18.9 Å². The number of aliphatic hydroxyl groups excluding tert-OH is 1. The molecule has 3 N–H and O–H groups in total. The highest BCUT2D eigenvalue weighted by molar-refractivity contribution is 9.10. The molecule has 0 fully saturated rings. The van der Waals surface area contributed by atoms with Crippen molar-refractivity contribution in [3.63, 3.8) is 0 Å². The van der Waals surface area contributed by atoms with Gasteiger partial charge in [0.2, 0.25) is 0 Å². The molecule has 15 heavy (non-hydrogen) atoms. The van der Waals surface area contributed by atoms with Crippen LogP contribution < -0.4 is 5.73 Å². The third-order valence-corrected chi connectivity index (χ3v) is 5.58. The molecule has 0 radical (unpaired) electrons. The number of hydrogen-bond donors (Lipinski definition) is 2. The van der Waals surface area contributed by atoms with Crippen molar-refractivity contribution in [1.82, 2.24) is 0 Å². The summed E-state index contributed by atoms with van der Waals surface area (Å²) in [5, 5.41) is 11.4. The molecule has 0 amide bonds. The number of rotatable bonds is 6. The molecule has 0 bridgehead atoms. The first kappa shape index (κ1) is 13.5. The fourth-order valence-electron chi connectivity index (χ4n) is 1.10. The molecule has 0 aliphatic carbocycles. The van der Waals surface area contributed by atoms with Crippen LogP contribution in [0, 0.1) is 5.92 Å². The van der Waals surface area contributed by atoms with Gasteiger partial charge in [-0.05, 0) is 33.7 Å². The topological polar surface area (TPSA) is 46.2 Å². The molecule has 1 rings (SSSR count). The van der Waals surface area contributed by atoms with Crippen molar-refractivity contribution in [2.24, 2.45) is 11.7 Å². The van der Waals surface area contributed by atoms with Crippen LogP contribution in [0.25, 0.3) is 0 Å². The van der Waals surface area contributed by atoms with Crippen molar-refractivity contribution in [1.29, 1.82) is 0 Å². The second-order valence-corrected chi connectivity index (χ2v) is 6.61. The van der Waals surface area contributed by atoms with E-state index in [1.165, 1.54) is 4.88 Å². The average Bonchev–Trinajstić information content (AvgIpc) is 2.65. The molecule has 0 saturated carbocycles. The van der Waals surface area contributed by atoms with Crippen LogP contribution in [0.15, 0.2) is 15.9 Å². The van der Waals surface area contributed by atoms with Crippen molar-refractivity contribution in [3.8, 4) is 0 Å². The van der Waals surface area contributed by atoms with Gasteiger partial charge in [0.1, 0.15) is 0 Å². The maximum absolute atomic E-state index is 8.95. The smallest absolute Gasteiger partial charge is 0.0513 e. The summed E-state index contributed by atoms with van der Waals surface area (Å²) in [7, 11) is 0. The normalized spacial score (nSPS) is 15.2. The van der Waals surface area contributed by atoms with E-state index in [1.54, 1.807) is 11.3 Å². The monoisotopic (exact) mass is 309 g/mol. The fourth-order valence-corrected chi connectivity index (χ4v) is 3.94. The van der Waals surface area contributed by atoms with E-state index in [2.05, 4.69) is 27.4 Å². The maximum atomic E-state index is 8.95. The Morgan fingerprint density at radius 3 is 2.87 bits per heavy atom. The number of hydrogen-bond acceptors (Lipinski definition) is 4. The Bertz CT molecular complexity index is 293. The van der Waals surface area contributed by atoms with Crippen LogP contribution in [0.2, 0.25) is 0 Å². The minimum absolute atomic E-state index is 0.248. The van der Waals surface area contributed by atoms with Gasteiger partial charge in [0.25, 0.3) is 0 Å². The molecule has 1 heterocycles. The molecule has 2 nitrogen and oxygen atoms in total. The van der Waals surface area contributed by atoms with Crippen LogP contribution in [0.4, 0.5) is 0 Å². The highest BCUT2D eigenvalue weighted by atomic mass is 79.9. The van der Waals surface area contributed by atoms with E-state index in [0.717, 1.165) is 10.2 Å². The van der Waals surface area contributed by atoms with Gasteiger partial charge in [0.15, 0.2) is 0 Å². The molecule has 0 spiro atoms. The predicted molar refractivity (Wildman–Crippen MR) is 72.5 cm³/mol. The van der Waals surface area contributed by atoms with E-state index in [1.807, 2.05) is 18.7 Å². The third-order valence-electron chi connectivity index (χ3n) is 2.01. The quantitative estimate of drug-likeness (QED) is 0.849. The van der Waals surface area contributed by atoms with Crippen molar-refractivity contribution in [2.45, 2.75) is 12.2 Å². The number of thioether (sulfide) groups is 1. The van der Waals surface area contributed by atoms with Gasteiger partial charge in [-0.15, -0.1) is 11.3 Å². The largest absolute Gasteiger partial charge is 0.396 e. The average molecular weight is 310 g/mol. The van der Waals surface area contributed by atoms with Gasteiger partial charge in [-0.25, -0.2) is 0 Å². The van der Waals surface area contributed by atoms with E-state index >= 15 is 0 Å². The van der Waals surface area contributed by atoms with E-state index in [4.69, 9.17) is 10.8 Å². The number of halogens is 1. The summed E-state index contributed by atoms with van der Waals surface area (Å²) >= 11 is 7.00. The lowest BCUT2D eigenvalue weighted by molar-refractivity contribution is 0.250. The zero-order valence-electron chi connectivity index (χ0n) is 8.65. The molecular formula is C10H16BrNOS2. The lowest BCUT2D eigenvalue weighted by atomic mass is 10.2. The fraction of sp³-hybridized carbons (Fsp3) is 0.600. The Balaban J connectivity index is 2.49. The predicted octanol–water partition coefficient (Wildman–Crippen LogP) is 2.87. The zero-order valence-corrected chi connectivity index (χ0v) is 11.9. The Morgan fingerprint density at radius 2 is 2.40 bits per heavy atom. The summed E-state index contributed by atoms with van der Waals surface area (Å²) in [4.78, 5) is 1.31. The first-order chi connectivity index (χ1) is 7.17. The lowest BCUT2D eigenvalue weighted by Crippen LogP contribution is -2.11.